The predicted octanol–water partition coefficient (Wildman–Crippen LogP) is 5.02. The van der Waals surface area contributed by atoms with Crippen molar-refractivity contribution in [2.45, 2.75) is 26.7 Å². The number of methoxy groups -OCH3 is 2. The fraction of sp³-hybridized carbons (Fsp3) is 0.375. The molecule has 0 aliphatic heterocycles. The number of hydrogen-bond donors (Lipinski definition) is 1. The Hall–Kier alpha value is -2.88. The molecule has 8 nitrogen and oxygen atoms in total. The van der Waals surface area contributed by atoms with Gasteiger partial charge >= 0.3 is 5.97 Å². The highest BCUT2D eigenvalue weighted by atomic mass is 35.5. The summed E-state index contributed by atoms with van der Waals surface area (Å²) in [5, 5.41) is 0.576. The van der Waals surface area contributed by atoms with Gasteiger partial charge in [0.05, 0.1) is 30.7 Å². The third-order valence-corrected chi connectivity index (χ3v) is 6.42. The summed E-state index contributed by atoms with van der Waals surface area (Å²) in [4.78, 5) is 33.1. The highest BCUT2D eigenvalue weighted by Crippen LogP contribution is 2.32. The Balaban J connectivity index is 1.92. The molecule has 10 heteroatoms. The second-order valence-electron chi connectivity index (χ2n) is 7.38. The van der Waals surface area contributed by atoms with Crippen LogP contribution in [0, 0.1) is 6.92 Å². The lowest BCUT2D eigenvalue weighted by Crippen LogP contribution is -2.11. The Labute approximate surface area is 206 Å². The maximum Gasteiger partial charge on any atom is 0.348 e. The van der Waals surface area contributed by atoms with Gasteiger partial charge in [-0.1, -0.05) is 31.0 Å². The van der Waals surface area contributed by atoms with Crippen molar-refractivity contribution in [2.75, 3.05) is 34.0 Å². The van der Waals surface area contributed by atoms with E-state index in [0.29, 0.717) is 38.8 Å². The molecule has 0 amide bonds. The maximum absolute atomic E-state index is 12.8. The van der Waals surface area contributed by atoms with Crippen molar-refractivity contribution in [1.29, 1.82) is 0 Å². The van der Waals surface area contributed by atoms with E-state index in [1.807, 2.05) is 12.1 Å². The number of aryl methyl sites for hydroxylation is 1. The SMILES string of the molecule is CCCCOc1cc(/C=C(\Cl)c2nc3sc(C(=O)OCCOC)c(C)c3c(=O)[nH]2)ccc1OC. The number of nitrogens with one attached hydrogen (secondary N) is 1. The first-order valence-corrected chi connectivity index (χ1v) is 12.0. The third kappa shape index (κ3) is 5.97. The Morgan fingerprint density at radius 2 is 2.00 bits per heavy atom. The fourth-order valence-electron chi connectivity index (χ4n) is 3.17. The molecule has 3 aromatic rings. The number of carbonyl (C=O) groups excluding carboxylic acids is 1. The van der Waals surface area contributed by atoms with Gasteiger partial charge in [0.1, 0.15) is 16.3 Å². The Morgan fingerprint density at radius 1 is 1.21 bits per heavy atom. The Morgan fingerprint density at radius 3 is 2.71 bits per heavy atom. The summed E-state index contributed by atoms with van der Waals surface area (Å²) >= 11 is 7.61. The lowest BCUT2D eigenvalue weighted by Gasteiger charge is -2.11. The predicted molar refractivity (Wildman–Crippen MR) is 134 cm³/mol. The summed E-state index contributed by atoms with van der Waals surface area (Å²) in [5.74, 6) is 0.908. The molecule has 0 spiro atoms. The number of benzene rings is 1. The quantitative estimate of drug-likeness (QED) is 0.288. The molecule has 34 heavy (non-hydrogen) atoms. The molecule has 0 radical (unpaired) electrons. The van der Waals surface area contributed by atoms with Crippen LogP contribution >= 0.6 is 22.9 Å². The number of aromatic amines is 1. The van der Waals surface area contributed by atoms with Gasteiger partial charge in [0.15, 0.2) is 17.3 Å². The van der Waals surface area contributed by atoms with Crippen molar-refractivity contribution in [3.8, 4) is 11.5 Å². The second-order valence-corrected chi connectivity index (χ2v) is 8.79. The van der Waals surface area contributed by atoms with E-state index < -0.39 is 5.97 Å². The average molecular weight is 507 g/mol. The van der Waals surface area contributed by atoms with E-state index in [2.05, 4.69) is 16.9 Å². The number of halogens is 1. The topological polar surface area (TPSA) is 99.7 Å². The summed E-state index contributed by atoms with van der Waals surface area (Å²) in [7, 11) is 3.10. The van der Waals surface area contributed by atoms with Gasteiger partial charge in [-0.2, -0.15) is 0 Å². The number of aromatic nitrogens is 2. The Bertz CT molecular complexity index is 1250. The smallest absolute Gasteiger partial charge is 0.348 e. The molecular formula is C24H27ClN2O6S. The van der Waals surface area contributed by atoms with Crippen molar-refractivity contribution in [3.63, 3.8) is 0 Å². The number of hydrogen-bond acceptors (Lipinski definition) is 8. The van der Waals surface area contributed by atoms with Gasteiger partial charge in [-0.3, -0.25) is 4.79 Å². The highest BCUT2D eigenvalue weighted by molar-refractivity contribution is 7.20. The molecule has 0 aliphatic rings. The summed E-state index contributed by atoms with van der Waals surface area (Å²) in [6.07, 6.45) is 3.62. The zero-order valence-electron chi connectivity index (χ0n) is 19.5. The van der Waals surface area contributed by atoms with Crippen molar-refractivity contribution in [3.05, 3.63) is 50.4 Å². The van der Waals surface area contributed by atoms with Crippen LogP contribution in [-0.2, 0) is 9.47 Å². The largest absolute Gasteiger partial charge is 0.493 e. The lowest BCUT2D eigenvalue weighted by atomic mass is 10.2. The van der Waals surface area contributed by atoms with E-state index in [-0.39, 0.29) is 29.6 Å². The number of thiophene rings is 1. The molecule has 2 heterocycles. The lowest BCUT2D eigenvalue weighted by molar-refractivity contribution is 0.0393. The van der Waals surface area contributed by atoms with Gasteiger partial charge in [-0.05, 0) is 42.7 Å². The van der Waals surface area contributed by atoms with Crippen LogP contribution in [-0.4, -0.2) is 50.0 Å². The van der Waals surface area contributed by atoms with Crippen molar-refractivity contribution >= 4 is 50.2 Å². The molecule has 0 aliphatic carbocycles. The number of H-pyrrole nitrogens is 1. The molecule has 2 aromatic heterocycles. The van der Waals surface area contributed by atoms with E-state index in [0.717, 1.165) is 29.7 Å². The molecule has 0 saturated heterocycles. The third-order valence-electron chi connectivity index (χ3n) is 4.97. The van der Waals surface area contributed by atoms with E-state index in [4.69, 9.17) is 30.5 Å². The van der Waals surface area contributed by atoms with Crippen LogP contribution < -0.4 is 15.0 Å². The minimum Gasteiger partial charge on any atom is -0.493 e. The summed E-state index contributed by atoms with van der Waals surface area (Å²) in [5.41, 5.74) is 0.895. The van der Waals surface area contributed by atoms with Gasteiger partial charge in [-0.25, -0.2) is 9.78 Å². The number of esters is 1. The molecule has 0 atom stereocenters. The average Bonchev–Trinajstić information content (AvgIpc) is 3.16. The van der Waals surface area contributed by atoms with E-state index in [1.165, 1.54) is 7.11 Å². The Kier molecular flexibility index (Phi) is 9.09. The number of nitrogens with zero attached hydrogens (tertiary/aromatic N) is 1. The second kappa shape index (κ2) is 12.0. The zero-order chi connectivity index (χ0) is 24.7. The molecule has 0 bridgehead atoms. The molecule has 182 valence electrons. The van der Waals surface area contributed by atoms with Crippen LogP contribution in [0.2, 0.25) is 0 Å². The van der Waals surface area contributed by atoms with Gasteiger partial charge in [-0.15, -0.1) is 11.3 Å². The van der Waals surface area contributed by atoms with Crippen LogP contribution in [0.5, 0.6) is 11.5 Å². The fourth-order valence-corrected chi connectivity index (χ4v) is 4.46. The van der Waals surface area contributed by atoms with E-state index in [1.54, 1.807) is 26.2 Å². The van der Waals surface area contributed by atoms with Crippen molar-refractivity contribution in [1.82, 2.24) is 9.97 Å². The van der Waals surface area contributed by atoms with Crippen molar-refractivity contribution < 1.29 is 23.7 Å². The maximum atomic E-state index is 12.8. The first kappa shape index (κ1) is 25.7. The first-order chi connectivity index (χ1) is 16.4. The minimum absolute atomic E-state index is 0.124. The monoisotopic (exact) mass is 506 g/mol. The number of rotatable bonds is 11. The number of fused-ring (bicyclic) bond motifs is 1. The minimum atomic E-state index is -0.519. The molecule has 0 fully saturated rings. The first-order valence-electron chi connectivity index (χ1n) is 10.8. The van der Waals surface area contributed by atoms with Crippen LogP contribution in [0.3, 0.4) is 0 Å². The van der Waals surface area contributed by atoms with Gasteiger partial charge in [0.2, 0.25) is 0 Å². The summed E-state index contributed by atoms with van der Waals surface area (Å²) in [6, 6.07) is 5.44. The molecule has 0 saturated carbocycles. The highest BCUT2D eigenvalue weighted by Gasteiger charge is 2.21. The number of ether oxygens (including phenoxy) is 4. The van der Waals surface area contributed by atoms with Crippen LogP contribution in [0.25, 0.3) is 21.3 Å². The standard InChI is InChI=1S/C24H27ClN2O6S/c1-5-6-9-32-18-13-15(7-8-17(18)31-4)12-16(25)21-26-22(28)19-14(2)20(34-23(19)27-21)24(29)33-11-10-30-3/h7-8,12-13H,5-6,9-11H2,1-4H3,(H,26,27,28)/b16-12-. The normalized spacial score (nSPS) is 11.6. The van der Waals surface area contributed by atoms with Gasteiger partial charge in [0.25, 0.3) is 5.56 Å². The summed E-state index contributed by atoms with van der Waals surface area (Å²) in [6.45, 7) is 4.77. The number of carbonyl (C=O) groups is 1. The van der Waals surface area contributed by atoms with Crippen LogP contribution in [0.4, 0.5) is 0 Å². The van der Waals surface area contributed by atoms with Crippen LogP contribution in [0.15, 0.2) is 23.0 Å². The van der Waals surface area contributed by atoms with Gasteiger partial charge in [0, 0.05) is 7.11 Å². The van der Waals surface area contributed by atoms with E-state index >= 15 is 0 Å². The zero-order valence-corrected chi connectivity index (χ0v) is 21.1. The molecule has 1 N–H and O–H groups in total. The molecule has 3 rings (SSSR count). The molecular weight excluding hydrogens is 480 g/mol. The molecule has 1 aromatic carbocycles. The number of unbranched alkanes of at least 4 members (excludes halogenated alkanes) is 1. The van der Waals surface area contributed by atoms with Crippen molar-refractivity contribution in [2.24, 2.45) is 0 Å². The van der Waals surface area contributed by atoms with Gasteiger partial charge < -0.3 is 23.9 Å². The summed E-state index contributed by atoms with van der Waals surface area (Å²) < 4.78 is 21.3. The molecule has 0 unspecified atom stereocenters. The van der Waals surface area contributed by atoms with E-state index in [9.17, 15) is 9.59 Å². The van der Waals surface area contributed by atoms with Crippen LogP contribution in [0.1, 0.15) is 46.4 Å².